The van der Waals surface area contributed by atoms with Gasteiger partial charge < -0.3 is 15.8 Å². The first-order valence-electron chi connectivity index (χ1n) is 4.40. The van der Waals surface area contributed by atoms with Gasteiger partial charge in [-0.2, -0.15) is 0 Å². The van der Waals surface area contributed by atoms with E-state index < -0.39 is 0 Å². The minimum Gasteiger partial charge on any atom is -0.497 e. The Hall–Kier alpha value is -1.29. The predicted octanol–water partition coefficient (Wildman–Crippen LogP) is 1.76. The molecule has 0 fully saturated rings. The summed E-state index contributed by atoms with van der Waals surface area (Å²) in [6.07, 6.45) is 0. The molecule has 0 spiro atoms. The van der Waals surface area contributed by atoms with Gasteiger partial charge in [0.2, 0.25) is 0 Å². The Kier molecular flexibility index (Phi) is 3.71. The van der Waals surface area contributed by atoms with Gasteiger partial charge in [0.05, 0.1) is 7.11 Å². The van der Waals surface area contributed by atoms with Crippen molar-refractivity contribution >= 4 is 22.9 Å². The van der Waals surface area contributed by atoms with Gasteiger partial charge in [0, 0.05) is 23.9 Å². The summed E-state index contributed by atoms with van der Waals surface area (Å²) >= 11 is 4.94. The van der Waals surface area contributed by atoms with Crippen LogP contribution in [-0.4, -0.2) is 18.6 Å². The highest BCUT2D eigenvalue weighted by Gasteiger charge is 2.05. The molecule has 3 nitrogen and oxygen atoms in total. The van der Waals surface area contributed by atoms with E-state index >= 15 is 0 Å². The van der Waals surface area contributed by atoms with E-state index in [4.69, 9.17) is 22.7 Å². The number of hydrogen-bond acceptors (Lipinski definition) is 3. The quantitative estimate of drug-likeness (QED) is 0.743. The second-order valence-corrected chi connectivity index (χ2v) is 3.25. The lowest BCUT2D eigenvalue weighted by atomic mass is 10.1. The van der Waals surface area contributed by atoms with Crippen LogP contribution in [0.3, 0.4) is 0 Å². The van der Waals surface area contributed by atoms with Crippen molar-refractivity contribution in [3.05, 3.63) is 23.8 Å². The van der Waals surface area contributed by atoms with Crippen LogP contribution >= 0.6 is 12.2 Å². The van der Waals surface area contributed by atoms with E-state index in [2.05, 4.69) is 5.32 Å². The molecule has 3 N–H and O–H groups in total. The molecule has 14 heavy (non-hydrogen) atoms. The van der Waals surface area contributed by atoms with Crippen LogP contribution < -0.4 is 15.8 Å². The fourth-order valence-electron chi connectivity index (χ4n) is 1.20. The summed E-state index contributed by atoms with van der Waals surface area (Å²) < 4.78 is 5.11. The van der Waals surface area contributed by atoms with E-state index in [1.807, 2.05) is 25.1 Å². The first-order valence-corrected chi connectivity index (χ1v) is 4.81. The van der Waals surface area contributed by atoms with Gasteiger partial charge in [-0.05, 0) is 19.1 Å². The molecule has 0 saturated carbocycles. The van der Waals surface area contributed by atoms with Crippen LogP contribution in [0.15, 0.2) is 18.2 Å². The van der Waals surface area contributed by atoms with Crippen LogP contribution in [0.1, 0.15) is 12.5 Å². The average molecular weight is 210 g/mol. The molecule has 0 heterocycles. The van der Waals surface area contributed by atoms with Gasteiger partial charge in [-0.15, -0.1) is 0 Å². The van der Waals surface area contributed by atoms with Crippen LogP contribution in [0.4, 0.5) is 5.69 Å². The lowest BCUT2D eigenvalue weighted by molar-refractivity contribution is 0.415. The summed E-state index contributed by atoms with van der Waals surface area (Å²) in [7, 11) is 1.63. The maximum Gasteiger partial charge on any atom is 0.120 e. The number of thiocarbonyl (C=S) groups is 1. The number of nitrogens with two attached hydrogens (primary N) is 1. The highest BCUT2D eigenvalue weighted by atomic mass is 32.1. The second kappa shape index (κ2) is 4.81. The van der Waals surface area contributed by atoms with Gasteiger partial charge in [0.15, 0.2) is 0 Å². The monoisotopic (exact) mass is 210 g/mol. The molecule has 0 aliphatic heterocycles. The average Bonchev–Trinajstić information content (AvgIpc) is 2.17. The lowest BCUT2D eigenvalue weighted by Crippen LogP contribution is -2.13. The summed E-state index contributed by atoms with van der Waals surface area (Å²) in [4.78, 5) is 0.392. The lowest BCUT2D eigenvalue weighted by Gasteiger charge is -2.11. The molecule has 76 valence electrons. The third-order valence-corrected chi connectivity index (χ3v) is 2.08. The third kappa shape index (κ3) is 2.35. The fraction of sp³-hybridized carbons (Fsp3) is 0.300. The molecule has 0 aromatic heterocycles. The molecular weight excluding hydrogens is 196 g/mol. The molecule has 0 atom stereocenters. The number of methoxy groups -OCH3 is 1. The van der Waals surface area contributed by atoms with Crippen LogP contribution in [0.5, 0.6) is 5.75 Å². The number of nitrogens with one attached hydrogen (secondary N) is 1. The van der Waals surface area contributed by atoms with Crippen molar-refractivity contribution < 1.29 is 4.74 Å². The molecule has 1 aromatic rings. The Morgan fingerprint density at radius 2 is 2.29 bits per heavy atom. The summed E-state index contributed by atoms with van der Waals surface area (Å²) in [5.74, 6) is 0.793. The zero-order chi connectivity index (χ0) is 10.6. The Morgan fingerprint density at radius 3 is 2.79 bits per heavy atom. The minimum absolute atomic E-state index is 0.392. The van der Waals surface area contributed by atoms with Gasteiger partial charge in [0.25, 0.3) is 0 Å². The standard InChI is InChI=1S/C10H14N2OS/c1-3-12-9-6-7(13-2)4-5-8(9)10(11)14/h4-6,12H,3H2,1-2H3,(H2,11,14). The zero-order valence-corrected chi connectivity index (χ0v) is 9.15. The molecule has 4 heteroatoms. The van der Waals surface area contributed by atoms with Crippen LogP contribution in [0.2, 0.25) is 0 Å². The topological polar surface area (TPSA) is 47.3 Å². The summed E-state index contributed by atoms with van der Waals surface area (Å²) in [6, 6.07) is 5.59. The van der Waals surface area contributed by atoms with E-state index in [0.29, 0.717) is 4.99 Å². The molecule has 1 aromatic carbocycles. The smallest absolute Gasteiger partial charge is 0.120 e. The van der Waals surface area contributed by atoms with E-state index in [1.54, 1.807) is 7.11 Å². The molecule has 0 aliphatic rings. The van der Waals surface area contributed by atoms with Gasteiger partial charge in [-0.3, -0.25) is 0 Å². The van der Waals surface area contributed by atoms with Crippen molar-refractivity contribution in [3.8, 4) is 5.75 Å². The third-order valence-electron chi connectivity index (χ3n) is 1.86. The maximum absolute atomic E-state index is 5.59. The number of hydrogen-bond donors (Lipinski definition) is 2. The Morgan fingerprint density at radius 1 is 1.57 bits per heavy atom. The van der Waals surface area contributed by atoms with Gasteiger partial charge in [-0.25, -0.2) is 0 Å². The highest BCUT2D eigenvalue weighted by Crippen LogP contribution is 2.22. The van der Waals surface area contributed by atoms with Crippen LogP contribution in [0.25, 0.3) is 0 Å². The molecule has 0 aliphatic carbocycles. The number of ether oxygens (including phenoxy) is 1. The van der Waals surface area contributed by atoms with Crippen molar-refractivity contribution in [2.45, 2.75) is 6.92 Å². The van der Waals surface area contributed by atoms with Gasteiger partial charge in [0.1, 0.15) is 10.7 Å². The summed E-state index contributed by atoms with van der Waals surface area (Å²) in [6.45, 7) is 2.84. The van der Waals surface area contributed by atoms with Crippen LogP contribution in [0, 0.1) is 0 Å². The SMILES string of the molecule is CCNc1cc(OC)ccc1C(N)=S. The van der Waals surface area contributed by atoms with Crippen molar-refractivity contribution in [3.63, 3.8) is 0 Å². The molecule has 1 rings (SSSR count). The van der Waals surface area contributed by atoms with Gasteiger partial charge in [-0.1, -0.05) is 12.2 Å². The molecule has 0 amide bonds. The fourth-order valence-corrected chi connectivity index (χ4v) is 1.38. The normalized spacial score (nSPS) is 9.57. The first-order chi connectivity index (χ1) is 6.69. The molecule has 0 radical (unpaired) electrons. The Bertz CT molecular complexity index is 339. The van der Waals surface area contributed by atoms with Crippen molar-refractivity contribution in [2.24, 2.45) is 5.73 Å². The van der Waals surface area contributed by atoms with Crippen LogP contribution in [-0.2, 0) is 0 Å². The Labute approximate surface area is 89.3 Å². The van der Waals surface area contributed by atoms with E-state index in [-0.39, 0.29) is 0 Å². The van der Waals surface area contributed by atoms with E-state index in [0.717, 1.165) is 23.5 Å². The van der Waals surface area contributed by atoms with E-state index in [9.17, 15) is 0 Å². The predicted molar refractivity (Wildman–Crippen MR) is 63.0 cm³/mol. The number of rotatable bonds is 4. The molecule has 0 saturated heterocycles. The number of benzene rings is 1. The van der Waals surface area contributed by atoms with Crippen molar-refractivity contribution in [1.29, 1.82) is 0 Å². The maximum atomic E-state index is 5.59. The largest absolute Gasteiger partial charge is 0.497 e. The second-order valence-electron chi connectivity index (χ2n) is 2.81. The first kappa shape index (κ1) is 10.8. The zero-order valence-electron chi connectivity index (χ0n) is 8.33. The van der Waals surface area contributed by atoms with Crippen molar-refractivity contribution in [1.82, 2.24) is 0 Å². The number of anilines is 1. The summed E-state index contributed by atoms with van der Waals surface area (Å²) in [5.41, 5.74) is 7.35. The molecule has 0 bridgehead atoms. The minimum atomic E-state index is 0.392. The van der Waals surface area contributed by atoms with E-state index in [1.165, 1.54) is 0 Å². The Balaban J connectivity index is 3.10. The molecular formula is C10H14N2OS. The van der Waals surface area contributed by atoms with Gasteiger partial charge >= 0.3 is 0 Å². The summed E-state index contributed by atoms with van der Waals surface area (Å²) in [5, 5.41) is 3.18. The highest BCUT2D eigenvalue weighted by molar-refractivity contribution is 7.80. The molecule has 0 unspecified atom stereocenters. The van der Waals surface area contributed by atoms with Crippen molar-refractivity contribution in [2.75, 3.05) is 19.0 Å².